The van der Waals surface area contributed by atoms with Gasteiger partial charge in [-0.05, 0) is 102 Å². The van der Waals surface area contributed by atoms with Gasteiger partial charge in [0.2, 0.25) is 11.8 Å². The summed E-state index contributed by atoms with van der Waals surface area (Å²) in [5.74, 6) is -0.452. The SMILES string of the molecule is CCOC(=O)c1cc2cc(NC(=O)[C@@H]3[C@H](C4CCCCC4)CCN3C(=O)[C@H]3CC[C@H](C(CF)NC(=O)OC(C)(C)C)CC3)ccc2[nH]1. The highest BCUT2D eigenvalue weighted by molar-refractivity contribution is 6.01. The molecule has 2 heterocycles. The number of amides is 3. The van der Waals surface area contributed by atoms with E-state index in [-0.39, 0.29) is 36.2 Å². The molecule has 3 fully saturated rings. The van der Waals surface area contributed by atoms with Crippen LogP contribution in [0.4, 0.5) is 14.9 Å². The van der Waals surface area contributed by atoms with Gasteiger partial charge in [-0.1, -0.05) is 32.1 Å². The molecule has 3 amide bonds. The highest BCUT2D eigenvalue weighted by Gasteiger charge is 2.47. The van der Waals surface area contributed by atoms with Crippen LogP contribution in [0.25, 0.3) is 10.9 Å². The molecule has 3 N–H and O–H groups in total. The van der Waals surface area contributed by atoms with Crippen LogP contribution >= 0.6 is 0 Å². The number of ether oxygens (including phenoxy) is 2. The van der Waals surface area contributed by atoms with E-state index in [4.69, 9.17) is 9.47 Å². The monoisotopic (exact) mass is 654 g/mol. The zero-order valence-corrected chi connectivity index (χ0v) is 28.2. The minimum atomic E-state index is -0.696. The first-order valence-electron chi connectivity index (χ1n) is 17.4. The Kier molecular flexibility index (Phi) is 11.1. The number of alkyl halides is 1. The van der Waals surface area contributed by atoms with Crippen LogP contribution in [0.3, 0.4) is 0 Å². The Labute approximate surface area is 276 Å². The number of halogens is 1. The summed E-state index contributed by atoms with van der Waals surface area (Å²) in [5.41, 5.74) is 1.04. The molecular weight excluding hydrogens is 603 g/mol. The zero-order valence-electron chi connectivity index (χ0n) is 28.2. The molecule has 258 valence electrons. The number of carbonyl (C=O) groups excluding carboxylic acids is 4. The van der Waals surface area contributed by atoms with Gasteiger partial charge in [0.05, 0.1) is 12.6 Å². The Morgan fingerprint density at radius 2 is 1.72 bits per heavy atom. The number of hydrogen-bond donors (Lipinski definition) is 3. The molecule has 11 heteroatoms. The lowest BCUT2D eigenvalue weighted by Gasteiger charge is -2.37. The van der Waals surface area contributed by atoms with Gasteiger partial charge < -0.3 is 30.0 Å². The molecule has 3 atom stereocenters. The van der Waals surface area contributed by atoms with E-state index >= 15 is 0 Å². The average molecular weight is 655 g/mol. The van der Waals surface area contributed by atoms with Crippen LogP contribution in [-0.4, -0.2) is 71.3 Å². The number of aromatic amines is 1. The van der Waals surface area contributed by atoms with Crippen LogP contribution in [0.15, 0.2) is 24.3 Å². The number of likely N-dealkylation sites (tertiary alicyclic amines) is 1. The molecule has 1 aromatic heterocycles. The average Bonchev–Trinajstić information content (AvgIpc) is 3.68. The highest BCUT2D eigenvalue weighted by Crippen LogP contribution is 2.41. The molecule has 10 nitrogen and oxygen atoms in total. The number of nitrogens with one attached hydrogen (secondary N) is 3. The number of nitrogens with zero attached hydrogens (tertiary/aromatic N) is 1. The maximum atomic E-state index is 14.1. The van der Waals surface area contributed by atoms with Gasteiger partial charge in [-0.2, -0.15) is 0 Å². The van der Waals surface area contributed by atoms with E-state index in [2.05, 4.69) is 15.6 Å². The molecule has 1 aliphatic heterocycles. The summed E-state index contributed by atoms with van der Waals surface area (Å²) in [7, 11) is 0. The topological polar surface area (TPSA) is 130 Å². The van der Waals surface area contributed by atoms with Crippen molar-refractivity contribution in [2.24, 2.45) is 23.7 Å². The van der Waals surface area contributed by atoms with Gasteiger partial charge in [0.1, 0.15) is 24.0 Å². The fourth-order valence-corrected chi connectivity index (χ4v) is 7.95. The highest BCUT2D eigenvalue weighted by atomic mass is 19.1. The van der Waals surface area contributed by atoms with Crippen molar-refractivity contribution in [3.63, 3.8) is 0 Å². The first kappa shape index (κ1) is 34.7. The standard InChI is InChI=1S/C36H51FN4O6/c1-5-46-34(44)29-20-25-19-26(15-16-28(25)39-29)38-32(42)31-27(22-9-7-6-8-10-22)17-18-41(31)33(43)24-13-11-23(12-14-24)30(21-37)40-35(45)47-36(2,3)4/h15-16,19-20,22-24,27,30-31,39H,5-14,17-18,21H2,1-4H3,(H,38,42)(H,40,45)/t23-,24-,27-,30?,31-/m0/s1. The van der Waals surface area contributed by atoms with Crippen molar-refractivity contribution in [3.05, 3.63) is 30.0 Å². The summed E-state index contributed by atoms with van der Waals surface area (Å²) in [6.07, 6.45) is 8.21. The summed E-state index contributed by atoms with van der Waals surface area (Å²) >= 11 is 0. The van der Waals surface area contributed by atoms with Gasteiger partial charge in [-0.25, -0.2) is 14.0 Å². The van der Waals surface area contributed by atoms with Gasteiger partial charge in [-0.3, -0.25) is 9.59 Å². The smallest absolute Gasteiger partial charge is 0.407 e. The number of anilines is 1. The lowest BCUT2D eigenvalue weighted by molar-refractivity contribution is -0.142. The molecule has 2 aromatic rings. The number of alkyl carbamates (subject to hydrolysis) is 1. The van der Waals surface area contributed by atoms with Crippen LogP contribution in [-0.2, 0) is 19.1 Å². The van der Waals surface area contributed by atoms with Crippen molar-refractivity contribution in [1.29, 1.82) is 0 Å². The maximum Gasteiger partial charge on any atom is 0.407 e. The third-order valence-corrected chi connectivity index (χ3v) is 10.2. The maximum absolute atomic E-state index is 14.1. The number of H-pyrrole nitrogens is 1. The van der Waals surface area contributed by atoms with Crippen LogP contribution in [0.5, 0.6) is 0 Å². The van der Waals surface area contributed by atoms with Crippen LogP contribution in [0.2, 0.25) is 0 Å². The van der Waals surface area contributed by atoms with E-state index in [0.29, 0.717) is 49.5 Å². The molecule has 3 aliphatic rings. The summed E-state index contributed by atoms with van der Waals surface area (Å²) in [4.78, 5) is 57.6. The van der Waals surface area contributed by atoms with Gasteiger partial charge in [-0.15, -0.1) is 0 Å². The van der Waals surface area contributed by atoms with Crippen molar-refractivity contribution in [2.75, 3.05) is 25.1 Å². The lowest BCUT2D eigenvalue weighted by atomic mass is 9.76. The Hall–Kier alpha value is -3.63. The van der Waals surface area contributed by atoms with Crippen LogP contribution in [0, 0.1) is 23.7 Å². The predicted molar refractivity (Wildman–Crippen MR) is 178 cm³/mol. The Balaban J connectivity index is 1.27. The van der Waals surface area contributed by atoms with Crippen molar-refractivity contribution >= 4 is 40.5 Å². The van der Waals surface area contributed by atoms with Gasteiger partial charge >= 0.3 is 12.1 Å². The number of esters is 1. The van der Waals surface area contributed by atoms with Crippen molar-refractivity contribution in [1.82, 2.24) is 15.2 Å². The number of carbonyl (C=O) groups is 4. The molecule has 0 radical (unpaired) electrons. The Morgan fingerprint density at radius 1 is 1.00 bits per heavy atom. The van der Waals surface area contributed by atoms with Crippen LogP contribution in [0.1, 0.15) is 102 Å². The molecule has 47 heavy (non-hydrogen) atoms. The van der Waals surface area contributed by atoms with Crippen molar-refractivity contribution in [2.45, 2.75) is 110 Å². The fourth-order valence-electron chi connectivity index (χ4n) is 7.95. The quantitative estimate of drug-likeness (QED) is 0.257. The second kappa shape index (κ2) is 15.1. The number of fused-ring (bicyclic) bond motifs is 1. The molecule has 0 bridgehead atoms. The number of hydrogen-bond acceptors (Lipinski definition) is 6. The van der Waals surface area contributed by atoms with E-state index < -0.39 is 36.4 Å². The van der Waals surface area contributed by atoms with Crippen molar-refractivity contribution < 1.29 is 33.0 Å². The summed E-state index contributed by atoms with van der Waals surface area (Å²) in [6, 6.07) is 5.95. The van der Waals surface area contributed by atoms with E-state index in [0.717, 1.165) is 43.0 Å². The Morgan fingerprint density at radius 3 is 2.38 bits per heavy atom. The minimum Gasteiger partial charge on any atom is -0.461 e. The predicted octanol–water partition coefficient (Wildman–Crippen LogP) is 6.75. The first-order chi connectivity index (χ1) is 22.5. The van der Waals surface area contributed by atoms with Gasteiger partial charge in [0, 0.05) is 29.1 Å². The van der Waals surface area contributed by atoms with Gasteiger partial charge in [0.25, 0.3) is 0 Å². The molecule has 2 aliphatic carbocycles. The van der Waals surface area contributed by atoms with E-state index in [1.165, 1.54) is 6.42 Å². The summed E-state index contributed by atoms with van der Waals surface area (Å²) in [6.45, 7) is 7.18. The van der Waals surface area contributed by atoms with E-state index in [1.807, 2.05) is 17.0 Å². The second-order valence-electron chi connectivity index (χ2n) is 14.5. The van der Waals surface area contributed by atoms with Crippen LogP contribution < -0.4 is 10.6 Å². The molecule has 5 rings (SSSR count). The lowest BCUT2D eigenvalue weighted by Crippen LogP contribution is -2.50. The second-order valence-corrected chi connectivity index (χ2v) is 14.5. The molecule has 1 aromatic carbocycles. The van der Waals surface area contributed by atoms with E-state index in [9.17, 15) is 23.6 Å². The summed E-state index contributed by atoms with van der Waals surface area (Å²) < 4.78 is 24.5. The number of benzene rings is 1. The molecule has 0 spiro atoms. The zero-order chi connectivity index (χ0) is 33.7. The number of rotatable bonds is 9. The molecule has 1 unspecified atom stereocenters. The third-order valence-electron chi connectivity index (χ3n) is 10.2. The van der Waals surface area contributed by atoms with Gasteiger partial charge in [0.15, 0.2) is 0 Å². The molecular formula is C36H51FN4O6. The van der Waals surface area contributed by atoms with Crippen molar-refractivity contribution in [3.8, 4) is 0 Å². The summed E-state index contributed by atoms with van der Waals surface area (Å²) in [5, 5.41) is 6.57. The normalized spacial score (nSPS) is 24.5. The molecule has 2 saturated carbocycles. The minimum absolute atomic E-state index is 0.000950. The Bertz CT molecular complexity index is 1420. The first-order valence-corrected chi connectivity index (χ1v) is 17.4. The largest absolute Gasteiger partial charge is 0.461 e. The molecule has 1 saturated heterocycles. The fraction of sp³-hybridized carbons (Fsp3) is 0.667. The van der Waals surface area contributed by atoms with E-state index in [1.54, 1.807) is 39.8 Å². The third kappa shape index (κ3) is 8.46. The number of aromatic nitrogens is 1.